The summed E-state index contributed by atoms with van der Waals surface area (Å²) in [6, 6.07) is 9.17. The Labute approximate surface area is 209 Å². The Hall–Kier alpha value is -3.51. The average Bonchev–Trinajstić information content (AvgIpc) is 2.85. The van der Waals surface area contributed by atoms with Gasteiger partial charge in [0.15, 0.2) is 0 Å². The Kier molecular flexibility index (Phi) is 5.27. The minimum Gasteiger partial charge on any atom is -0.367 e. The summed E-state index contributed by atoms with van der Waals surface area (Å²) < 4.78 is 16.8. The Balaban J connectivity index is 1.29. The van der Waals surface area contributed by atoms with Crippen molar-refractivity contribution in [2.24, 2.45) is 11.8 Å². The predicted molar refractivity (Wildman–Crippen MR) is 137 cm³/mol. The van der Waals surface area contributed by atoms with Gasteiger partial charge in [-0.3, -0.25) is 14.3 Å². The number of piperazine rings is 1. The minimum absolute atomic E-state index is 0.107. The van der Waals surface area contributed by atoms with Crippen molar-refractivity contribution in [3.8, 4) is 6.07 Å². The summed E-state index contributed by atoms with van der Waals surface area (Å²) in [6.45, 7) is 9.93. The fourth-order valence-electron chi connectivity index (χ4n) is 6.18. The van der Waals surface area contributed by atoms with Gasteiger partial charge in [0.05, 0.1) is 11.2 Å². The van der Waals surface area contributed by atoms with Crippen LogP contribution in [0.2, 0.25) is 0 Å². The quantitative estimate of drug-likeness (QED) is 0.585. The van der Waals surface area contributed by atoms with Crippen molar-refractivity contribution >= 4 is 28.4 Å². The zero-order chi connectivity index (χ0) is 25.2. The van der Waals surface area contributed by atoms with Crippen molar-refractivity contribution in [3.63, 3.8) is 0 Å². The summed E-state index contributed by atoms with van der Waals surface area (Å²) in [6.07, 6.45) is 3.49. The van der Waals surface area contributed by atoms with Crippen LogP contribution in [0.15, 0.2) is 35.3 Å². The van der Waals surface area contributed by atoms with E-state index in [9.17, 15) is 10.1 Å². The lowest BCUT2D eigenvalue weighted by atomic mass is 9.42. The number of hydrogen-bond acceptors (Lipinski definition) is 7. The first-order valence-electron chi connectivity index (χ1n) is 12.7. The largest absolute Gasteiger partial charge is 0.367 e. The highest BCUT2D eigenvalue weighted by Gasteiger charge is 2.65. The summed E-state index contributed by atoms with van der Waals surface area (Å²) >= 11 is 0. The van der Waals surface area contributed by atoms with E-state index in [2.05, 4.69) is 45.9 Å². The van der Waals surface area contributed by atoms with E-state index in [1.165, 1.54) is 6.07 Å². The average molecular weight is 488 g/mol. The number of anilines is 3. The Morgan fingerprint density at radius 3 is 2.53 bits per heavy atom. The van der Waals surface area contributed by atoms with Gasteiger partial charge in [0.1, 0.15) is 23.1 Å². The van der Waals surface area contributed by atoms with Gasteiger partial charge in [0.2, 0.25) is 5.95 Å². The van der Waals surface area contributed by atoms with Crippen LogP contribution in [-0.2, 0) is 5.54 Å². The highest BCUT2D eigenvalue weighted by Crippen LogP contribution is 2.66. The number of nitriles is 1. The van der Waals surface area contributed by atoms with E-state index < -0.39 is 0 Å². The Morgan fingerprint density at radius 1 is 1.19 bits per heavy atom. The molecule has 1 N–H and O–H groups in total. The summed E-state index contributed by atoms with van der Waals surface area (Å²) in [4.78, 5) is 26.7. The van der Waals surface area contributed by atoms with Crippen LogP contribution in [0, 0.1) is 29.0 Å². The second-order valence-electron chi connectivity index (χ2n) is 10.8. The van der Waals surface area contributed by atoms with Crippen molar-refractivity contribution in [2.45, 2.75) is 45.2 Å². The number of fused-ring (bicyclic) bond motifs is 1. The summed E-state index contributed by atoms with van der Waals surface area (Å²) in [5.41, 5.74) is 1.19. The molecule has 2 bridgehead atoms. The zero-order valence-corrected chi connectivity index (χ0v) is 20.8. The van der Waals surface area contributed by atoms with Gasteiger partial charge in [0.25, 0.3) is 5.56 Å². The first-order valence-corrected chi connectivity index (χ1v) is 12.7. The Morgan fingerprint density at radius 2 is 1.94 bits per heavy atom. The van der Waals surface area contributed by atoms with Crippen LogP contribution in [0.4, 0.5) is 21.7 Å². The lowest BCUT2D eigenvalue weighted by Crippen LogP contribution is -2.69. The van der Waals surface area contributed by atoms with Crippen LogP contribution in [0.25, 0.3) is 11.0 Å². The van der Waals surface area contributed by atoms with Gasteiger partial charge in [-0.1, -0.05) is 6.92 Å². The van der Waals surface area contributed by atoms with E-state index in [4.69, 9.17) is 0 Å². The summed E-state index contributed by atoms with van der Waals surface area (Å²) in [7, 11) is 0. The van der Waals surface area contributed by atoms with Crippen molar-refractivity contribution in [2.75, 3.05) is 36.4 Å². The third kappa shape index (κ3) is 3.39. The molecule has 7 rings (SSSR count). The van der Waals surface area contributed by atoms with E-state index in [0.717, 1.165) is 39.0 Å². The molecule has 3 aliphatic carbocycles. The maximum Gasteiger partial charge on any atom is 0.270 e. The molecule has 1 atom stereocenters. The highest BCUT2D eigenvalue weighted by molar-refractivity contribution is 5.78. The van der Waals surface area contributed by atoms with Gasteiger partial charge < -0.3 is 10.2 Å². The molecule has 186 valence electrons. The number of nitrogens with zero attached hydrogens (tertiary/aromatic N) is 6. The molecule has 0 radical (unpaired) electrons. The van der Waals surface area contributed by atoms with Crippen molar-refractivity contribution in [3.05, 3.63) is 52.2 Å². The molecular weight excluding hydrogens is 457 g/mol. The van der Waals surface area contributed by atoms with Crippen molar-refractivity contribution < 1.29 is 4.39 Å². The fourth-order valence-corrected chi connectivity index (χ4v) is 6.18. The topological polar surface area (TPSA) is 90.1 Å². The molecular formula is C27H30FN7O. The van der Waals surface area contributed by atoms with Crippen LogP contribution >= 0.6 is 0 Å². The molecule has 9 heteroatoms. The molecule has 3 aromatic rings. The fraction of sp³-hybridized carbons (Fsp3) is 0.481. The second-order valence-corrected chi connectivity index (χ2v) is 10.8. The lowest BCUT2D eigenvalue weighted by Gasteiger charge is -2.67. The smallest absolute Gasteiger partial charge is 0.270 e. The monoisotopic (exact) mass is 487 g/mol. The molecule has 8 nitrogen and oxygen atoms in total. The van der Waals surface area contributed by atoms with E-state index in [1.807, 2.05) is 12.1 Å². The standard InChI is InChI=1S/C27H30FN7O/c1-16(2)33-6-8-34(9-7-33)23-5-4-21(11-22(23)28)31-26-30-15-19-10-18(14-29)25(36)35(24(19)32-26)27-12-20(13-27)17(27)3/h4-5,10-11,15-17,20H,6-9,12-13H2,1-3H3,(H,30,31,32)/t17-,20?,27?/m1/s1. The van der Waals surface area contributed by atoms with Gasteiger partial charge in [0, 0.05) is 49.5 Å². The lowest BCUT2D eigenvalue weighted by molar-refractivity contribution is -0.162. The first-order chi connectivity index (χ1) is 17.3. The number of rotatable bonds is 5. The van der Waals surface area contributed by atoms with Crippen LogP contribution < -0.4 is 15.8 Å². The summed E-state index contributed by atoms with van der Waals surface area (Å²) in [5.74, 6) is 1.00. The zero-order valence-electron chi connectivity index (χ0n) is 20.8. The number of benzene rings is 1. The van der Waals surface area contributed by atoms with Gasteiger partial charge in [-0.05, 0) is 62.8 Å². The van der Waals surface area contributed by atoms with Gasteiger partial charge >= 0.3 is 0 Å². The SMILES string of the molecule is CC(C)N1CCN(c2ccc(Nc3ncc4cc(C#N)c(=O)n(C56CC(C5)[C@H]6C)c4n3)cc2F)CC1. The second kappa shape index (κ2) is 8.27. The van der Waals surface area contributed by atoms with Crippen LogP contribution in [-0.4, -0.2) is 51.7 Å². The Bertz CT molecular complexity index is 1440. The number of nitrogens with one attached hydrogen (secondary N) is 1. The molecule has 4 aliphatic rings. The maximum atomic E-state index is 15.1. The molecule has 0 unspecified atom stereocenters. The number of aromatic nitrogens is 3. The van der Waals surface area contributed by atoms with E-state index >= 15 is 4.39 Å². The molecule has 0 amide bonds. The molecule has 2 aromatic heterocycles. The molecule has 1 aromatic carbocycles. The maximum absolute atomic E-state index is 15.1. The molecule has 3 saturated carbocycles. The van der Waals surface area contributed by atoms with Crippen LogP contribution in [0.5, 0.6) is 0 Å². The van der Waals surface area contributed by atoms with E-state index in [1.54, 1.807) is 22.9 Å². The number of hydrogen-bond donors (Lipinski definition) is 1. The first kappa shape index (κ1) is 22.9. The van der Waals surface area contributed by atoms with Crippen LogP contribution in [0.3, 0.4) is 0 Å². The highest BCUT2D eigenvalue weighted by atomic mass is 19.1. The van der Waals surface area contributed by atoms with Crippen molar-refractivity contribution in [1.82, 2.24) is 19.4 Å². The van der Waals surface area contributed by atoms with Crippen molar-refractivity contribution in [1.29, 1.82) is 5.26 Å². The van der Waals surface area contributed by atoms with Gasteiger partial charge in [-0.15, -0.1) is 0 Å². The third-order valence-corrected chi connectivity index (χ3v) is 8.68. The summed E-state index contributed by atoms with van der Waals surface area (Å²) in [5, 5.41) is 13.3. The molecule has 1 saturated heterocycles. The number of halogens is 1. The molecule has 3 heterocycles. The predicted octanol–water partition coefficient (Wildman–Crippen LogP) is 3.83. The molecule has 1 aliphatic heterocycles. The van der Waals surface area contributed by atoms with E-state index in [0.29, 0.717) is 40.3 Å². The molecule has 0 spiro atoms. The molecule has 36 heavy (non-hydrogen) atoms. The normalized spacial score (nSPS) is 25.4. The van der Waals surface area contributed by atoms with Gasteiger partial charge in [-0.25, -0.2) is 9.37 Å². The minimum atomic E-state index is -0.299. The van der Waals surface area contributed by atoms with Gasteiger partial charge in [-0.2, -0.15) is 10.2 Å². The van der Waals surface area contributed by atoms with E-state index in [-0.39, 0.29) is 28.4 Å². The van der Waals surface area contributed by atoms with Crippen LogP contribution in [0.1, 0.15) is 39.2 Å². The third-order valence-electron chi connectivity index (χ3n) is 8.68. The number of pyridine rings is 1. The molecule has 4 fully saturated rings.